The second-order valence-electron chi connectivity index (χ2n) is 4.73. The first kappa shape index (κ1) is 15.2. The molecule has 0 aliphatic heterocycles. The number of benzene rings is 2. The Hall–Kier alpha value is -2.20. The van der Waals surface area contributed by atoms with Gasteiger partial charge in [0.15, 0.2) is 0 Å². The van der Waals surface area contributed by atoms with Crippen LogP contribution in [0.5, 0.6) is 5.75 Å². The highest BCUT2D eigenvalue weighted by Crippen LogP contribution is 2.27. The van der Waals surface area contributed by atoms with Crippen molar-refractivity contribution in [1.29, 1.82) is 0 Å². The highest BCUT2D eigenvalue weighted by Gasteiger charge is 2.07. The Balaban J connectivity index is 2.17. The topological polar surface area (TPSA) is 64.3 Å². The third-order valence-corrected chi connectivity index (χ3v) is 3.51. The minimum absolute atomic E-state index is 0.400. The molecule has 0 aliphatic carbocycles. The number of amides is 1. The third kappa shape index (κ3) is 3.67. The van der Waals surface area contributed by atoms with Gasteiger partial charge in [0.1, 0.15) is 5.75 Å². The monoisotopic (exact) mass is 304 g/mol. The van der Waals surface area contributed by atoms with E-state index in [9.17, 15) is 4.79 Å². The summed E-state index contributed by atoms with van der Waals surface area (Å²) in [5, 5.41) is 3.79. The molecule has 0 bridgehead atoms. The zero-order chi connectivity index (χ0) is 15.4. The van der Waals surface area contributed by atoms with Crippen LogP contribution in [-0.4, -0.2) is 13.0 Å². The molecule has 0 radical (unpaired) electrons. The summed E-state index contributed by atoms with van der Waals surface area (Å²) >= 11 is 6.17. The summed E-state index contributed by atoms with van der Waals surface area (Å²) in [6.45, 7) is 2.54. The average Bonchev–Trinajstić information content (AvgIpc) is 2.46. The van der Waals surface area contributed by atoms with Crippen LogP contribution < -0.4 is 15.8 Å². The fourth-order valence-electron chi connectivity index (χ4n) is 1.99. The quantitative estimate of drug-likeness (QED) is 0.890. The molecule has 1 amide bonds. The number of primary amides is 1. The molecule has 0 spiro atoms. The zero-order valence-corrected chi connectivity index (χ0v) is 12.7. The molecule has 110 valence electrons. The molecule has 21 heavy (non-hydrogen) atoms. The molecule has 0 aliphatic rings. The number of nitrogens with two attached hydrogens (primary N) is 1. The fourth-order valence-corrected chi connectivity index (χ4v) is 2.24. The molecule has 0 saturated carbocycles. The van der Waals surface area contributed by atoms with E-state index in [0.717, 1.165) is 22.6 Å². The summed E-state index contributed by atoms with van der Waals surface area (Å²) in [6.07, 6.45) is 0. The summed E-state index contributed by atoms with van der Waals surface area (Å²) in [7, 11) is 1.63. The van der Waals surface area contributed by atoms with E-state index in [0.29, 0.717) is 17.1 Å². The number of carbonyl (C=O) groups excluding carboxylic acids is 1. The van der Waals surface area contributed by atoms with Crippen LogP contribution in [0.1, 0.15) is 21.5 Å². The van der Waals surface area contributed by atoms with Crippen molar-refractivity contribution in [3.05, 3.63) is 58.1 Å². The molecule has 0 fully saturated rings. The van der Waals surface area contributed by atoms with Crippen LogP contribution in [0.2, 0.25) is 5.02 Å². The Bertz CT molecular complexity index is 671. The number of aryl methyl sites for hydroxylation is 1. The van der Waals surface area contributed by atoms with Gasteiger partial charge in [-0.1, -0.05) is 23.7 Å². The van der Waals surface area contributed by atoms with Gasteiger partial charge in [-0.25, -0.2) is 0 Å². The van der Waals surface area contributed by atoms with E-state index in [4.69, 9.17) is 22.1 Å². The molecule has 5 heteroatoms. The van der Waals surface area contributed by atoms with Gasteiger partial charge in [0.2, 0.25) is 5.91 Å². The summed E-state index contributed by atoms with van der Waals surface area (Å²) in [6, 6.07) is 10.9. The molecule has 0 saturated heterocycles. The Morgan fingerprint density at radius 1 is 1.29 bits per heavy atom. The van der Waals surface area contributed by atoms with Crippen molar-refractivity contribution in [3.8, 4) is 5.75 Å². The molecule has 4 nitrogen and oxygen atoms in total. The van der Waals surface area contributed by atoms with Gasteiger partial charge in [-0.3, -0.25) is 4.79 Å². The Morgan fingerprint density at radius 2 is 2.05 bits per heavy atom. The first-order valence-corrected chi connectivity index (χ1v) is 6.86. The maximum absolute atomic E-state index is 11.1. The normalized spacial score (nSPS) is 10.2. The standard InChI is InChI=1S/C16H17ClN2O2/c1-10-3-6-15(21-2)14(7-10)19-9-12-5-4-11(16(18)20)8-13(12)17/h3-8,19H,9H2,1-2H3,(H2,18,20). The summed E-state index contributed by atoms with van der Waals surface area (Å²) in [4.78, 5) is 11.1. The summed E-state index contributed by atoms with van der Waals surface area (Å²) in [5.41, 5.74) is 8.53. The second-order valence-corrected chi connectivity index (χ2v) is 5.13. The number of halogens is 1. The molecule has 0 atom stereocenters. The Labute approximate surface area is 128 Å². The number of nitrogens with one attached hydrogen (secondary N) is 1. The highest BCUT2D eigenvalue weighted by molar-refractivity contribution is 6.31. The van der Waals surface area contributed by atoms with Gasteiger partial charge < -0.3 is 15.8 Å². The predicted octanol–water partition coefficient (Wildman–Crippen LogP) is 3.37. The maximum atomic E-state index is 11.1. The van der Waals surface area contributed by atoms with Crippen molar-refractivity contribution in [1.82, 2.24) is 0 Å². The van der Waals surface area contributed by atoms with Crippen LogP contribution in [0.3, 0.4) is 0 Å². The number of hydrogen-bond donors (Lipinski definition) is 2. The van der Waals surface area contributed by atoms with Gasteiger partial charge in [-0.2, -0.15) is 0 Å². The minimum atomic E-state index is -0.489. The average molecular weight is 305 g/mol. The zero-order valence-electron chi connectivity index (χ0n) is 11.9. The van der Waals surface area contributed by atoms with Gasteiger partial charge in [-0.15, -0.1) is 0 Å². The van der Waals surface area contributed by atoms with Gasteiger partial charge in [-0.05, 0) is 42.3 Å². The third-order valence-electron chi connectivity index (χ3n) is 3.16. The second kappa shape index (κ2) is 6.50. The molecule has 0 heterocycles. The molecule has 3 N–H and O–H groups in total. The van der Waals surface area contributed by atoms with Crippen LogP contribution in [0.15, 0.2) is 36.4 Å². The summed E-state index contributed by atoms with van der Waals surface area (Å²) < 4.78 is 5.31. The number of anilines is 1. The van der Waals surface area contributed by atoms with E-state index < -0.39 is 5.91 Å². The van der Waals surface area contributed by atoms with Crippen molar-refractivity contribution in [2.75, 3.05) is 12.4 Å². The Kier molecular flexibility index (Phi) is 4.70. The van der Waals surface area contributed by atoms with E-state index in [1.165, 1.54) is 0 Å². The molecule has 2 aromatic carbocycles. The van der Waals surface area contributed by atoms with E-state index >= 15 is 0 Å². The van der Waals surface area contributed by atoms with E-state index in [1.54, 1.807) is 25.3 Å². The fraction of sp³-hybridized carbons (Fsp3) is 0.188. The van der Waals surface area contributed by atoms with Crippen molar-refractivity contribution in [3.63, 3.8) is 0 Å². The lowest BCUT2D eigenvalue weighted by molar-refractivity contribution is 0.100. The predicted molar refractivity (Wildman–Crippen MR) is 85.0 cm³/mol. The van der Waals surface area contributed by atoms with Crippen LogP contribution in [0, 0.1) is 6.92 Å². The largest absolute Gasteiger partial charge is 0.495 e. The van der Waals surface area contributed by atoms with Crippen molar-refractivity contribution < 1.29 is 9.53 Å². The molecule has 2 aromatic rings. The lowest BCUT2D eigenvalue weighted by Gasteiger charge is -2.13. The van der Waals surface area contributed by atoms with Crippen LogP contribution in [0.4, 0.5) is 5.69 Å². The number of methoxy groups -OCH3 is 1. The van der Waals surface area contributed by atoms with Crippen molar-refractivity contribution in [2.24, 2.45) is 5.73 Å². The smallest absolute Gasteiger partial charge is 0.248 e. The number of carbonyl (C=O) groups is 1. The van der Waals surface area contributed by atoms with Gasteiger partial charge in [0.05, 0.1) is 12.8 Å². The van der Waals surface area contributed by atoms with Crippen LogP contribution in [0.25, 0.3) is 0 Å². The molecule has 0 aromatic heterocycles. The van der Waals surface area contributed by atoms with Crippen molar-refractivity contribution in [2.45, 2.75) is 13.5 Å². The molecular weight excluding hydrogens is 288 g/mol. The minimum Gasteiger partial charge on any atom is -0.495 e. The van der Waals surface area contributed by atoms with E-state index in [2.05, 4.69) is 5.32 Å². The maximum Gasteiger partial charge on any atom is 0.248 e. The van der Waals surface area contributed by atoms with Crippen LogP contribution in [-0.2, 0) is 6.54 Å². The Morgan fingerprint density at radius 3 is 2.67 bits per heavy atom. The van der Waals surface area contributed by atoms with Gasteiger partial charge in [0.25, 0.3) is 0 Å². The molecule has 2 rings (SSSR count). The summed E-state index contributed by atoms with van der Waals surface area (Å²) in [5.74, 6) is 0.280. The van der Waals surface area contributed by atoms with Crippen LogP contribution >= 0.6 is 11.6 Å². The molecule has 0 unspecified atom stereocenters. The van der Waals surface area contributed by atoms with E-state index in [1.807, 2.05) is 25.1 Å². The first-order valence-electron chi connectivity index (χ1n) is 6.48. The highest BCUT2D eigenvalue weighted by atomic mass is 35.5. The lowest BCUT2D eigenvalue weighted by Crippen LogP contribution is -2.11. The SMILES string of the molecule is COc1ccc(C)cc1NCc1ccc(C(N)=O)cc1Cl. The van der Waals surface area contributed by atoms with Crippen molar-refractivity contribution >= 4 is 23.2 Å². The number of rotatable bonds is 5. The number of ether oxygens (including phenoxy) is 1. The van der Waals surface area contributed by atoms with Gasteiger partial charge >= 0.3 is 0 Å². The van der Waals surface area contributed by atoms with E-state index in [-0.39, 0.29) is 0 Å². The number of hydrogen-bond acceptors (Lipinski definition) is 3. The first-order chi connectivity index (χ1) is 10.0. The molecular formula is C16H17ClN2O2. The van der Waals surface area contributed by atoms with Gasteiger partial charge in [0, 0.05) is 17.1 Å². The lowest BCUT2D eigenvalue weighted by atomic mass is 10.1.